The summed E-state index contributed by atoms with van der Waals surface area (Å²) in [6.45, 7) is 1.85. The topological polar surface area (TPSA) is 36.4 Å². The van der Waals surface area contributed by atoms with Gasteiger partial charge in [-0.05, 0) is 37.1 Å². The number of hydrogen-bond donors (Lipinski definition) is 0. The Morgan fingerprint density at radius 3 is 2.78 bits per heavy atom. The normalized spacial score (nSPS) is 20.7. The minimum Gasteiger partial charge on any atom is -0.347 e. The fraction of sp³-hybridized carbons (Fsp3) is 0.571. The number of piperidine rings is 1. The van der Waals surface area contributed by atoms with Crippen LogP contribution in [0.15, 0.2) is 24.5 Å². The van der Waals surface area contributed by atoms with E-state index in [4.69, 9.17) is 0 Å². The third-order valence-electron chi connectivity index (χ3n) is 3.47. The van der Waals surface area contributed by atoms with Gasteiger partial charge in [0.2, 0.25) is 5.91 Å². The second kappa shape index (κ2) is 5.96. The highest BCUT2D eigenvalue weighted by Gasteiger charge is 2.29. The fourth-order valence-electron chi connectivity index (χ4n) is 2.48. The van der Waals surface area contributed by atoms with Gasteiger partial charge in [0, 0.05) is 33.0 Å². The Balaban J connectivity index is 2.06. The molecule has 4 heteroatoms. The summed E-state index contributed by atoms with van der Waals surface area (Å²) in [4.78, 5) is 20.2. The largest absolute Gasteiger partial charge is 0.347 e. The monoisotopic (exact) mass is 247 g/mol. The molecule has 0 saturated carbocycles. The first-order valence-corrected chi connectivity index (χ1v) is 6.52. The molecule has 0 spiro atoms. The maximum atomic E-state index is 12.2. The number of likely N-dealkylation sites (N-methyl/N-ethyl adjacent to an activating group) is 1. The van der Waals surface area contributed by atoms with E-state index in [1.54, 1.807) is 4.90 Å². The van der Waals surface area contributed by atoms with Crippen molar-refractivity contribution in [2.24, 2.45) is 0 Å². The fourth-order valence-corrected chi connectivity index (χ4v) is 2.48. The van der Waals surface area contributed by atoms with Crippen LogP contribution < -0.4 is 0 Å². The van der Waals surface area contributed by atoms with Crippen LogP contribution in [-0.4, -0.2) is 47.4 Å². The molecule has 0 N–H and O–H groups in total. The Kier molecular flexibility index (Phi) is 4.31. The standard InChI is InChI=1S/C14H21N3O/c1-16(2)14(18)13-5-3-4-10-17(13)11-12-6-8-15-9-7-12/h6-9,13H,3-5,10-11H2,1-2H3/t13-/m1/s1. The first-order valence-electron chi connectivity index (χ1n) is 6.52. The predicted molar refractivity (Wildman–Crippen MR) is 71.0 cm³/mol. The lowest BCUT2D eigenvalue weighted by atomic mass is 10.0. The van der Waals surface area contributed by atoms with Gasteiger partial charge in [-0.25, -0.2) is 0 Å². The van der Waals surface area contributed by atoms with E-state index >= 15 is 0 Å². The lowest BCUT2D eigenvalue weighted by molar-refractivity contribution is -0.136. The smallest absolute Gasteiger partial charge is 0.239 e. The van der Waals surface area contributed by atoms with Gasteiger partial charge in [-0.2, -0.15) is 0 Å². The zero-order valence-electron chi connectivity index (χ0n) is 11.2. The molecule has 0 radical (unpaired) electrons. The van der Waals surface area contributed by atoms with Gasteiger partial charge >= 0.3 is 0 Å². The third-order valence-corrected chi connectivity index (χ3v) is 3.47. The van der Waals surface area contributed by atoms with Gasteiger partial charge in [0.05, 0.1) is 6.04 Å². The molecule has 1 aliphatic rings. The van der Waals surface area contributed by atoms with E-state index in [1.807, 2.05) is 38.6 Å². The van der Waals surface area contributed by atoms with Crippen molar-refractivity contribution in [3.05, 3.63) is 30.1 Å². The van der Waals surface area contributed by atoms with Crippen molar-refractivity contribution in [1.82, 2.24) is 14.8 Å². The lowest BCUT2D eigenvalue weighted by Gasteiger charge is -2.36. The molecule has 1 amide bonds. The molecule has 1 aromatic heterocycles. The molecule has 1 aliphatic heterocycles. The lowest BCUT2D eigenvalue weighted by Crippen LogP contribution is -2.48. The molecular formula is C14H21N3O. The Bertz CT molecular complexity index is 391. The number of pyridine rings is 1. The molecule has 0 unspecified atom stereocenters. The van der Waals surface area contributed by atoms with Gasteiger partial charge in [-0.1, -0.05) is 6.42 Å². The highest BCUT2D eigenvalue weighted by Crippen LogP contribution is 2.20. The average molecular weight is 247 g/mol. The van der Waals surface area contributed by atoms with Gasteiger partial charge in [0.15, 0.2) is 0 Å². The van der Waals surface area contributed by atoms with Crippen molar-refractivity contribution in [3.63, 3.8) is 0 Å². The number of hydrogen-bond acceptors (Lipinski definition) is 3. The third kappa shape index (κ3) is 3.07. The van der Waals surface area contributed by atoms with Gasteiger partial charge in [-0.15, -0.1) is 0 Å². The quantitative estimate of drug-likeness (QED) is 0.812. The van der Waals surface area contributed by atoms with Crippen molar-refractivity contribution in [2.45, 2.75) is 31.8 Å². The molecule has 2 heterocycles. The van der Waals surface area contributed by atoms with E-state index < -0.39 is 0 Å². The minimum atomic E-state index is 0.0434. The number of amides is 1. The number of carbonyl (C=O) groups excluding carboxylic acids is 1. The van der Waals surface area contributed by atoms with E-state index in [9.17, 15) is 4.79 Å². The summed E-state index contributed by atoms with van der Waals surface area (Å²) in [6.07, 6.45) is 6.92. The van der Waals surface area contributed by atoms with Crippen molar-refractivity contribution >= 4 is 5.91 Å². The summed E-state index contributed by atoms with van der Waals surface area (Å²) in [5.41, 5.74) is 1.23. The van der Waals surface area contributed by atoms with Crippen LogP contribution in [0.2, 0.25) is 0 Å². The number of nitrogens with zero attached hydrogens (tertiary/aromatic N) is 3. The van der Waals surface area contributed by atoms with E-state index in [2.05, 4.69) is 9.88 Å². The summed E-state index contributed by atoms with van der Waals surface area (Å²) in [5.74, 6) is 0.226. The highest BCUT2D eigenvalue weighted by atomic mass is 16.2. The van der Waals surface area contributed by atoms with Crippen molar-refractivity contribution < 1.29 is 4.79 Å². The van der Waals surface area contributed by atoms with E-state index in [-0.39, 0.29) is 11.9 Å². The minimum absolute atomic E-state index is 0.0434. The van der Waals surface area contributed by atoms with Crippen molar-refractivity contribution in [2.75, 3.05) is 20.6 Å². The average Bonchev–Trinajstić information content (AvgIpc) is 2.39. The molecule has 0 aromatic carbocycles. The summed E-state index contributed by atoms with van der Waals surface area (Å²) >= 11 is 0. The number of likely N-dealkylation sites (tertiary alicyclic amines) is 1. The SMILES string of the molecule is CN(C)C(=O)[C@H]1CCCCN1Cc1ccncc1. The maximum absolute atomic E-state index is 12.2. The van der Waals surface area contributed by atoms with E-state index in [0.717, 1.165) is 25.9 Å². The van der Waals surface area contributed by atoms with Crippen LogP contribution in [0.4, 0.5) is 0 Å². The molecule has 0 bridgehead atoms. The summed E-state index contributed by atoms with van der Waals surface area (Å²) in [7, 11) is 3.67. The Labute approximate surface area is 109 Å². The van der Waals surface area contributed by atoms with E-state index in [1.165, 1.54) is 12.0 Å². The van der Waals surface area contributed by atoms with Gasteiger partial charge in [0.25, 0.3) is 0 Å². The Morgan fingerprint density at radius 2 is 2.11 bits per heavy atom. The second-order valence-corrected chi connectivity index (χ2v) is 5.07. The second-order valence-electron chi connectivity index (χ2n) is 5.07. The van der Waals surface area contributed by atoms with Gasteiger partial charge < -0.3 is 4.90 Å². The highest BCUT2D eigenvalue weighted by molar-refractivity contribution is 5.81. The zero-order valence-corrected chi connectivity index (χ0v) is 11.2. The van der Waals surface area contributed by atoms with Crippen LogP contribution in [0.1, 0.15) is 24.8 Å². The van der Waals surface area contributed by atoms with Crippen LogP contribution in [0, 0.1) is 0 Å². The first kappa shape index (κ1) is 13.0. The molecule has 2 rings (SSSR count). The van der Waals surface area contributed by atoms with Crippen LogP contribution in [-0.2, 0) is 11.3 Å². The van der Waals surface area contributed by atoms with Crippen LogP contribution >= 0.6 is 0 Å². The zero-order chi connectivity index (χ0) is 13.0. The van der Waals surface area contributed by atoms with Crippen molar-refractivity contribution in [1.29, 1.82) is 0 Å². The molecule has 1 aromatic rings. The maximum Gasteiger partial charge on any atom is 0.239 e. The van der Waals surface area contributed by atoms with Crippen molar-refractivity contribution in [3.8, 4) is 0 Å². The molecule has 4 nitrogen and oxygen atoms in total. The Morgan fingerprint density at radius 1 is 1.39 bits per heavy atom. The summed E-state index contributed by atoms with van der Waals surface area (Å²) < 4.78 is 0. The summed E-state index contributed by atoms with van der Waals surface area (Å²) in [6, 6.07) is 4.08. The molecule has 18 heavy (non-hydrogen) atoms. The van der Waals surface area contributed by atoms with Gasteiger partial charge in [0.1, 0.15) is 0 Å². The van der Waals surface area contributed by atoms with Gasteiger partial charge in [-0.3, -0.25) is 14.7 Å². The molecule has 1 fully saturated rings. The molecule has 1 saturated heterocycles. The number of aromatic nitrogens is 1. The first-order chi connectivity index (χ1) is 8.68. The summed E-state index contributed by atoms with van der Waals surface area (Å²) in [5, 5.41) is 0. The number of rotatable bonds is 3. The molecule has 98 valence electrons. The van der Waals surface area contributed by atoms with E-state index in [0.29, 0.717) is 0 Å². The Hall–Kier alpha value is -1.42. The molecule has 1 atom stereocenters. The molecular weight excluding hydrogens is 226 g/mol. The number of carbonyl (C=O) groups is 1. The van der Waals surface area contributed by atoms with Crippen LogP contribution in [0.3, 0.4) is 0 Å². The van der Waals surface area contributed by atoms with Crippen LogP contribution in [0.25, 0.3) is 0 Å². The molecule has 0 aliphatic carbocycles. The predicted octanol–water partition coefficient (Wildman–Crippen LogP) is 1.52. The van der Waals surface area contributed by atoms with Crippen LogP contribution in [0.5, 0.6) is 0 Å².